The first-order valence-electron chi connectivity index (χ1n) is 6.89. The summed E-state index contributed by atoms with van der Waals surface area (Å²) in [7, 11) is -1.87. The van der Waals surface area contributed by atoms with E-state index in [9.17, 15) is 13.2 Å². The van der Waals surface area contributed by atoms with Crippen LogP contribution in [0.3, 0.4) is 0 Å². The van der Waals surface area contributed by atoms with Gasteiger partial charge in [-0.1, -0.05) is 18.7 Å². The molecule has 0 aliphatic heterocycles. The van der Waals surface area contributed by atoms with E-state index in [0.29, 0.717) is 12.1 Å². The number of rotatable bonds is 6. The molecule has 0 bridgehead atoms. The fraction of sp³-hybridized carbons (Fsp3) is 0.286. The molecule has 0 radical (unpaired) electrons. The minimum atomic E-state index is -3.74. The Bertz CT molecular complexity index is 785. The van der Waals surface area contributed by atoms with Crippen molar-refractivity contribution in [2.24, 2.45) is 12.2 Å². The minimum absolute atomic E-state index is 0.00456. The molecule has 0 unspecified atom stereocenters. The number of benzene rings is 1. The number of anilines is 1. The average Bonchev–Trinajstić information content (AvgIpc) is 2.89. The Morgan fingerprint density at radius 3 is 2.52 bits per heavy atom. The quantitative estimate of drug-likeness (QED) is 0.766. The van der Waals surface area contributed by atoms with E-state index in [0.717, 1.165) is 5.16 Å². The van der Waals surface area contributed by atoms with Gasteiger partial charge in [-0.05, 0) is 30.7 Å². The molecule has 0 spiro atoms. The number of hydrogen-bond acceptors (Lipinski definition) is 5. The molecule has 124 valence electrons. The van der Waals surface area contributed by atoms with Crippen LogP contribution in [0.2, 0.25) is 0 Å². The van der Waals surface area contributed by atoms with Gasteiger partial charge in [-0.2, -0.15) is 0 Å². The topological polar surface area (TPSA) is 107 Å². The van der Waals surface area contributed by atoms with E-state index in [-0.39, 0.29) is 16.1 Å². The van der Waals surface area contributed by atoms with Crippen molar-refractivity contribution in [3.05, 3.63) is 36.7 Å². The van der Waals surface area contributed by atoms with Crippen molar-refractivity contribution in [2.75, 3.05) is 5.32 Å². The number of primary sulfonamides is 1. The predicted molar refractivity (Wildman–Crippen MR) is 89.6 cm³/mol. The Labute approximate surface area is 139 Å². The van der Waals surface area contributed by atoms with E-state index < -0.39 is 10.0 Å². The zero-order valence-electron chi connectivity index (χ0n) is 12.8. The lowest BCUT2D eigenvalue weighted by atomic mass is 10.3. The van der Waals surface area contributed by atoms with Crippen molar-refractivity contribution >= 4 is 33.4 Å². The standard InChI is InChI=1S/C14H18N4O3S2/c1-3-12(22-14-16-8-9-18(14)2)13(19)17-10-4-6-11(7-5-10)23(15,20)21/h4-9,12H,3H2,1-2H3,(H,17,19)(H2,15,20,21)/t12-/m0/s1. The summed E-state index contributed by atoms with van der Waals surface area (Å²) < 4.78 is 24.3. The molecule has 0 fully saturated rings. The molecule has 1 aromatic carbocycles. The number of aromatic nitrogens is 2. The van der Waals surface area contributed by atoms with Crippen molar-refractivity contribution in [2.45, 2.75) is 28.6 Å². The minimum Gasteiger partial charge on any atom is -0.329 e. The molecule has 1 atom stereocenters. The van der Waals surface area contributed by atoms with Gasteiger partial charge in [0.2, 0.25) is 15.9 Å². The number of sulfonamides is 1. The van der Waals surface area contributed by atoms with Crippen molar-refractivity contribution in [1.29, 1.82) is 0 Å². The van der Waals surface area contributed by atoms with E-state index in [1.54, 1.807) is 6.20 Å². The van der Waals surface area contributed by atoms with Crippen LogP contribution in [0.1, 0.15) is 13.3 Å². The average molecular weight is 354 g/mol. The number of nitrogens with one attached hydrogen (secondary N) is 1. The molecule has 7 nitrogen and oxygen atoms in total. The van der Waals surface area contributed by atoms with Gasteiger partial charge in [0, 0.05) is 25.1 Å². The van der Waals surface area contributed by atoms with Gasteiger partial charge in [-0.15, -0.1) is 0 Å². The first-order chi connectivity index (χ1) is 10.8. The first kappa shape index (κ1) is 17.5. The molecule has 2 rings (SSSR count). The number of imidazole rings is 1. The van der Waals surface area contributed by atoms with Crippen LogP contribution in [0.15, 0.2) is 46.7 Å². The van der Waals surface area contributed by atoms with Gasteiger partial charge in [0.25, 0.3) is 0 Å². The molecule has 23 heavy (non-hydrogen) atoms. The maximum atomic E-state index is 12.4. The van der Waals surface area contributed by atoms with Gasteiger partial charge in [0.05, 0.1) is 10.1 Å². The zero-order chi connectivity index (χ0) is 17.0. The van der Waals surface area contributed by atoms with E-state index in [1.807, 2.05) is 24.7 Å². The van der Waals surface area contributed by atoms with Gasteiger partial charge in [0.15, 0.2) is 5.16 Å². The van der Waals surface area contributed by atoms with E-state index >= 15 is 0 Å². The number of thioether (sulfide) groups is 1. The second kappa shape index (κ2) is 7.16. The molecule has 0 saturated carbocycles. The lowest BCUT2D eigenvalue weighted by Crippen LogP contribution is -2.25. The summed E-state index contributed by atoms with van der Waals surface area (Å²) in [5.41, 5.74) is 0.515. The summed E-state index contributed by atoms with van der Waals surface area (Å²) in [5, 5.41) is 8.27. The number of aryl methyl sites for hydroxylation is 1. The zero-order valence-corrected chi connectivity index (χ0v) is 14.4. The molecule has 0 aliphatic carbocycles. The predicted octanol–water partition coefficient (Wildman–Crippen LogP) is 1.58. The van der Waals surface area contributed by atoms with Crippen molar-refractivity contribution in [3.8, 4) is 0 Å². The highest BCUT2D eigenvalue weighted by Gasteiger charge is 2.20. The van der Waals surface area contributed by atoms with Gasteiger partial charge in [0.1, 0.15) is 0 Å². The van der Waals surface area contributed by atoms with Crippen LogP contribution < -0.4 is 10.5 Å². The van der Waals surface area contributed by atoms with Crippen LogP contribution in [0.4, 0.5) is 5.69 Å². The smallest absolute Gasteiger partial charge is 0.238 e. The molecule has 3 N–H and O–H groups in total. The summed E-state index contributed by atoms with van der Waals surface area (Å²) in [5.74, 6) is -0.163. The van der Waals surface area contributed by atoms with Gasteiger partial charge >= 0.3 is 0 Å². The van der Waals surface area contributed by atoms with Gasteiger partial charge < -0.3 is 9.88 Å². The number of carbonyl (C=O) groups is 1. The van der Waals surface area contributed by atoms with Crippen LogP contribution >= 0.6 is 11.8 Å². The Balaban J connectivity index is 2.06. The number of hydrogen-bond donors (Lipinski definition) is 2. The van der Waals surface area contributed by atoms with E-state index in [1.165, 1.54) is 36.0 Å². The van der Waals surface area contributed by atoms with Crippen LogP contribution in [0.5, 0.6) is 0 Å². The lowest BCUT2D eigenvalue weighted by molar-refractivity contribution is -0.115. The van der Waals surface area contributed by atoms with Gasteiger partial charge in [-0.25, -0.2) is 18.5 Å². The van der Waals surface area contributed by atoms with Crippen molar-refractivity contribution in [1.82, 2.24) is 9.55 Å². The Morgan fingerprint density at radius 2 is 2.04 bits per heavy atom. The summed E-state index contributed by atoms with van der Waals surface area (Å²) in [6.45, 7) is 1.92. The Hall–Kier alpha value is -1.84. The maximum absolute atomic E-state index is 12.4. The number of carbonyl (C=O) groups excluding carboxylic acids is 1. The van der Waals surface area contributed by atoms with E-state index in [4.69, 9.17) is 5.14 Å². The molecule has 0 saturated heterocycles. The number of nitrogens with zero attached hydrogens (tertiary/aromatic N) is 2. The third kappa shape index (κ3) is 4.57. The largest absolute Gasteiger partial charge is 0.329 e. The second-order valence-corrected chi connectivity index (χ2v) is 7.63. The fourth-order valence-electron chi connectivity index (χ4n) is 1.87. The molecule has 9 heteroatoms. The Kier molecular flexibility index (Phi) is 5.45. The molecule has 0 aliphatic rings. The SMILES string of the molecule is CC[C@H](Sc1nccn1C)C(=O)Nc1ccc(S(N)(=O)=O)cc1. The maximum Gasteiger partial charge on any atom is 0.238 e. The molecule has 2 aromatic rings. The highest BCUT2D eigenvalue weighted by molar-refractivity contribution is 8.00. The lowest BCUT2D eigenvalue weighted by Gasteiger charge is -2.14. The Morgan fingerprint density at radius 1 is 1.39 bits per heavy atom. The third-order valence-electron chi connectivity index (χ3n) is 3.14. The van der Waals surface area contributed by atoms with Crippen LogP contribution in [0, 0.1) is 0 Å². The number of nitrogens with two attached hydrogens (primary N) is 1. The molecule has 1 amide bonds. The van der Waals surface area contributed by atoms with Gasteiger partial charge in [-0.3, -0.25) is 4.79 Å². The fourth-order valence-corrected chi connectivity index (χ4v) is 3.32. The van der Waals surface area contributed by atoms with E-state index in [2.05, 4.69) is 10.3 Å². The third-order valence-corrected chi connectivity index (χ3v) is 5.50. The highest BCUT2D eigenvalue weighted by Crippen LogP contribution is 2.24. The summed E-state index contributed by atoms with van der Waals surface area (Å²) >= 11 is 1.38. The molecular formula is C14H18N4O3S2. The highest BCUT2D eigenvalue weighted by atomic mass is 32.2. The number of amides is 1. The van der Waals surface area contributed by atoms with Crippen LogP contribution in [-0.4, -0.2) is 29.1 Å². The van der Waals surface area contributed by atoms with Crippen LogP contribution in [-0.2, 0) is 21.9 Å². The first-order valence-corrected chi connectivity index (χ1v) is 9.31. The summed E-state index contributed by atoms with van der Waals surface area (Å²) in [6, 6.07) is 5.74. The van der Waals surface area contributed by atoms with Crippen LogP contribution in [0.25, 0.3) is 0 Å². The molecular weight excluding hydrogens is 336 g/mol. The summed E-state index contributed by atoms with van der Waals surface area (Å²) in [6.07, 6.45) is 4.14. The molecule has 1 aromatic heterocycles. The normalized spacial score (nSPS) is 12.8. The second-order valence-electron chi connectivity index (χ2n) is 4.89. The summed E-state index contributed by atoms with van der Waals surface area (Å²) in [4.78, 5) is 16.6. The van der Waals surface area contributed by atoms with Crippen molar-refractivity contribution < 1.29 is 13.2 Å². The van der Waals surface area contributed by atoms with Crippen molar-refractivity contribution in [3.63, 3.8) is 0 Å². The molecule has 1 heterocycles. The monoisotopic (exact) mass is 354 g/mol.